The number of carboxylic acids is 1. The van der Waals surface area contributed by atoms with Gasteiger partial charge >= 0.3 is 12.0 Å². The van der Waals surface area contributed by atoms with Crippen molar-refractivity contribution in [3.05, 3.63) is 28.8 Å². The van der Waals surface area contributed by atoms with Gasteiger partial charge in [0.05, 0.1) is 16.3 Å². The van der Waals surface area contributed by atoms with E-state index in [1.54, 1.807) is 0 Å². The molecular weight excluding hydrogens is 312 g/mol. The van der Waals surface area contributed by atoms with Crippen molar-refractivity contribution in [2.75, 3.05) is 16.8 Å². The molecule has 0 aliphatic heterocycles. The van der Waals surface area contributed by atoms with Crippen molar-refractivity contribution in [2.45, 2.75) is 26.3 Å². The van der Waals surface area contributed by atoms with Crippen LogP contribution in [0.2, 0.25) is 5.02 Å². The molecule has 0 bridgehead atoms. The molecule has 0 saturated heterocycles. The minimum Gasteiger partial charge on any atom is -0.478 e. The number of benzene rings is 1. The summed E-state index contributed by atoms with van der Waals surface area (Å²) >= 11 is 7.77. The van der Waals surface area contributed by atoms with Crippen LogP contribution in [0, 0.1) is 0 Å². The lowest BCUT2D eigenvalue weighted by molar-refractivity contribution is 0.0697. The number of nitrogens with one attached hydrogen (secondary N) is 2. The third-order valence-electron chi connectivity index (χ3n) is 2.74. The largest absolute Gasteiger partial charge is 0.478 e. The molecule has 0 radical (unpaired) electrons. The van der Waals surface area contributed by atoms with E-state index in [9.17, 15) is 9.59 Å². The quantitative estimate of drug-likeness (QED) is 0.666. The molecule has 0 aliphatic carbocycles. The number of urea groups is 1. The minimum atomic E-state index is -1.06. The summed E-state index contributed by atoms with van der Waals surface area (Å²) in [6, 6.07) is 3.88. The molecule has 1 aromatic carbocycles. The molecule has 1 atom stereocenters. The lowest BCUT2D eigenvalue weighted by Crippen LogP contribution is -2.36. The summed E-state index contributed by atoms with van der Waals surface area (Å²) in [7, 11) is 0. The Morgan fingerprint density at radius 2 is 2.14 bits per heavy atom. The number of hydrogen-bond acceptors (Lipinski definition) is 3. The summed E-state index contributed by atoms with van der Waals surface area (Å²) in [5, 5.41) is 14.5. The highest BCUT2D eigenvalue weighted by molar-refractivity contribution is 7.99. The predicted octanol–water partition coefficient (Wildman–Crippen LogP) is 3.69. The van der Waals surface area contributed by atoms with Crippen LogP contribution in [0.5, 0.6) is 0 Å². The van der Waals surface area contributed by atoms with Crippen molar-refractivity contribution >= 4 is 41.1 Å². The average molecular weight is 331 g/mol. The second-order valence-electron chi connectivity index (χ2n) is 4.48. The van der Waals surface area contributed by atoms with Crippen LogP contribution >= 0.6 is 23.4 Å². The molecule has 0 saturated carbocycles. The van der Waals surface area contributed by atoms with Gasteiger partial charge in [0, 0.05) is 6.04 Å². The van der Waals surface area contributed by atoms with Gasteiger partial charge in [0.15, 0.2) is 0 Å². The molecule has 5 nitrogen and oxygen atoms in total. The molecule has 1 aromatic rings. The number of aromatic carboxylic acids is 1. The number of thioether (sulfide) groups is 1. The van der Waals surface area contributed by atoms with E-state index in [0.29, 0.717) is 5.69 Å². The van der Waals surface area contributed by atoms with Crippen LogP contribution in [0.3, 0.4) is 0 Å². The molecule has 2 amide bonds. The van der Waals surface area contributed by atoms with Crippen molar-refractivity contribution < 1.29 is 14.7 Å². The third-order valence-corrected chi connectivity index (χ3v) is 3.99. The number of hydrogen-bond donors (Lipinski definition) is 3. The highest BCUT2D eigenvalue weighted by atomic mass is 35.5. The summed E-state index contributed by atoms with van der Waals surface area (Å²) in [4.78, 5) is 22.6. The maximum absolute atomic E-state index is 11.8. The first-order chi connectivity index (χ1) is 9.93. The second-order valence-corrected chi connectivity index (χ2v) is 6.29. The fourth-order valence-corrected chi connectivity index (χ4v) is 2.64. The van der Waals surface area contributed by atoms with E-state index < -0.39 is 5.97 Å². The Morgan fingerprint density at radius 1 is 1.43 bits per heavy atom. The van der Waals surface area contributed by atoms with Gasteiger partial charge in [0.2, 0.25) is 0 Å². The van der Waals surface area contributed by atoms with E-state index in [1.807, 2.05) is 18.7 Å². The van der Waals surface area contributed by atoms with Crippen LogP contribution < -0.4 is 10.6 Å². The molecule has 3 N–H and O–H groups in total. The molecule has 7 heteroatoms. The Bertz CT molecular complexity index is 511. The number of carbonyl (C=O) groups is 2. The SMILES string of the molecule is CCSCCC(C)NC(=O)Nc1ccc(C(=O)O)cc1Cl. The van der Waals surface area contributed by atoms with Crippen molar-refractivity contribution in [1.82, 2.24) is 5.32 Å². The van der Waals surface area contributed by atoms with Crippen LogP contribution in [0.4, 0.5) is 10.5 Å². The molecule has 0 spiro atoms. The monoisotopic (exact) mass is 330 g/mol. The second kappa shape index (κ2) is 8.79. The molecule has 1 rings (SSSR count). The first kappa shape index (κ1) is 17.7. The topological polar surface area (TPSA) is 78.4 Å². The first-order valence-electron chi connectivity index (χ1n) is 6.62. The molecule has 0 aromatic heterocycles. The van der Waals surface area contributed by atoms with E-state index in [1.165, 1.54) is 18.2 Å². The van der Waals surface area contributed by atoms with Crippen LogP contribution in [0.1, 0.15) is 30.6 Å². The lowest BCUT2D eigenvalue weighted by atomic mass is 10.2. The van der Waals surface area contributed by atoms with E-state index >= 15 is 0 Å². The number of rotatable bonds is 7. The zero-order valence-electron chi connectivity index (χ0n) is 12.0. The van der Waals surface area contributed by atoms with E-state index in [2.05, 4.69) is 17.6 Å². The van der Waals surface area contributed by atoms with E-state index in [-0.39, 0.29) is 22.7 Å². The van der Waals surface area contributed by atoms with Gasteiger partial charge in [-0.05, 0) is 43.0 Å². The minimum absolute atomic E-state index is 0.0566. The zero-order valence-corrected chi connectivity index (χ0v) is 13.6. The van der Waals surface area contributed by atoms with Gasteiger partial charge in [-0.3, -0.25) is 0 Å². The lowest BCUT2D eigenvalue weighted by Gasteiger charge is -2.15. The Hall–Kier alpha value is -1.40. The zero-order chi connectivity index (χ0) is 15.8. The van der Waals surface area contributed by atoms with Crippen molar-refractivity contribution in [2.24, 2.45) is 0 Å². The third kappa shape index (κ3) is 6.27. The van der Waals surface area contributed by atoms with Gasteiger partial charge in [-0.1, -0.05) is 18.5 Å². The van der Waals surface area contributed by atoms with Gasteiger partial charge in [-0.25, -0.2) is 9.59 Å². The Kier molecular flexibility index (Phi) is 7.39. The van der Waals surface area contributed by atoms with Crippen LogP contribution in [-0.2, 0) is 0 Å². The predicted molar refractivity (Wildman–Crippen MR) is 87.6 cm³/mol. The van der Waals surface area contributed by atoms with Gasteiger partial charge < -0.3 is 15.7 Å². The molecule has 1 unspecified atom stereocenters. The smallest absolute Gasteiger partial charge is 0.335 e. The number of halogens is 1. The van der Waals surface area contributed by atoms with E-state index in [0.717, 1.165) is 17.9 Å². The molecule has 116 valence electrons. The fourth-order valence-electron chi connectivity index (χ4n) is 1.61. The van der Waals surface area contributed by atoms with Crippen LogP contribution in [0.25, 0.3) is 0 Å². The summed E-state index contributed by atoms with van der Waals surface area (Å²) in [6.45, 7) is 4.03. The fraction of sp³-hybridized carbons (Fsp3) is 0.429. The summed E-state index contributed by atoms with van der Waals surface area (Å²) in [6.07, 6.45) is 0.887. The van der Waals surface area contributed by atoms with Crippen molar-refractivity contribution in [3.63, 3.8) is 0 Å². The van der Waals surface area contributed by atoms with Gasteiger partial charge in [0.1, 0.15) is 0 Å². The Balaban J connectivity index is 2.53. The number of carbonyl (C=O) groups excluding carboxylic acids is 1. The molecule has 0 aliphatic rings. The molecule has 0 fully saturated rings. The van der Waals surface area contributed by atoms with Crippen molar-refractivity contribution in [1.29, 1.82) is 0 Å². The first-order valence-corrected chi connectivity index (χ1v) is 8.15. The number of anilines is 1. The molecule has 0 heterocycles. The Labute approximate surface area is 133 Å². The molecule has 21 heavy (non-hydrogen) atoms. The van der Waals surface area contributed by atoms with Gasteiger partial charge in [0.25, 0.3) is 0 Å². The average Bonchev–Trinajstić information content (AvgIpc) is 2.41. The van der Waals surface area contributed by atoms with Crippen molar-refractivity contribution in [3.8, 4) is 0 Å². The maximum atomic E-state index is 11.8. The highest BCUT2D eigenvalue weighted by Crippen LogP contribution is 2.23. The Morgan fingerprint density at radius 3 is 2.71 bits per heavy atom. The highest BCUT2D eigenvalue weighted by Gasteiger charge is 2.11. The van der Waals surface area contributed by atoms with Gasteiger partial charge in [-0.2, -0.15) is 11.8 Å². The normalized spacial score (nSPS) is 11.8. The maximum Gasteiger partial charge on any atom is 0.335 e. The number of amides is 2. The van der Waals surface area contributed by atoms with E-state index in [4.69, 9.17) is 16.7 Å². The van der Waals surface area contributed by atoms with Crippen LogP contribution in [-0.4, -0.2) is 34.7 Å². The summed E-state index contributed by atoms with van der Waals surface area (Å²) < 4.78 is 0. The molecular formula is C14H19ClN2O3S. The van der Waals surface area contributed by atoms with Gasteiger partial charge in [-0.15, -0.1) is 0 Å². The standard InChI is InChI=1S/C14H19ClN2O3S/c1-3-21-7-6-9(2)16-14(20)17-12-5-4-10(13(18)19)8-11(12)15/h4-5,8-9H,3,6-7H2,1-2H3,(H,18,19)(H2,16,17,20). The summed E-state index contributed by atoms with van der Waals surface area (Å²) in [5.41, 5.74) is 0.463. The number of carboxylic acid groups (broad SMARTS) is 1. The van der Waals surface area contributed by atoms with Crippen LogP contribution in [0.15, 0.2) is 18.2 Å². The summed E-state index contributed by atoms with van der Waals surface area (Å²) in [5.74, 6) is 0.992.